The summed E-state index contributed by atoms with van der Waals surface area (Å²) in [6, 6.07) is 7.46. The van der Waals surface area contributed by atoms with Crippen LogP contribution in [0.5, 0.6) is 0 Å². The fraction of sp³-hybridized carbons (Fsp3) is 0.100. The fourth-order valence-corrected chi connectivity index (χ4v) is 1.04. The summed E-state index contributed by atoms with van der Waals surface area (Å²) in [6.07, 6.45) is 4.83. The molecule has 1 rings (SSSR count). The quantitative estimate of drug-likeness (QED) is 0.449. The molecule has 0 aliphatic rings. The van der Waals surface area contributed by atoms with E-state index in [2.05, 4.69) is 15.9 Å². The number of hydrogen-bond acceptors (Lipinski definition) is 2. The Morgan fingerprint density at radius 3 is 2.62 bits per heavy atom. The molecule has 0 heterocycles. The van der Waals surface area contributed by atoms with E-state index in [1.807, 2.05) is 30.2 Å². The number of ether oxygens (including phenoxy) is 1. The Hall–Kier alpha value is -1.27. The minimum atomic E-state index is -0.636. The van der Waals surface area contributed by atoms with Gasteiger partial charge in [0.2, 0.25) is 0 Å². The monoisotopic (exact) mass is 238 g/mol. The first-order valence-corrected chi connectivity index (χ1v) is 4.39. The van der Waals surface area contributed by atoms with Gasteiger partial charge in [0.1, 0.15) is 6.61 Å². The maximum atomic E-state index is 10.6. The number of halogens is 1. The number of hydrogen-bond donors (Lipinski definition) is 0. The summed E-state index contributed by atoms with van der Waals surface area (Å²) < 4.78 is 5.71. The molecule has 0 saturated carbocycles. The van der Waals surface area contributed by atoms with E-state index in [9.17, 15) is 4.79 Å². The molecular formula is C10H7BrO2. The molecule has 0 atom stereocenters. The fourth-order valence-electron chi connectivity index (χ4n) is 0.771. The highest BCUT2D eigenvalue weighted by atomic mass is 79.9. The third-order valence-corrected chi connectivity index (χ3v) is 1.93. The highest BCUT2D eigenvalue weighted by molar-refractivity contribution is 9.10. The Bertz CT molecular complexity index is 335. The molecular weight excluding hydrogens is 232 g/mol. The summed E-state index contributed by atoms with van der Waals surface area (Å²) in [4.78, 5) is 10.6. The second-order valence-electron chi connectivity index (χ2n) is 2.35. The Morgan fingerprint density at radius 1 is 1.46 bits per heavy atom. The maximum Gasteiger partial charge on any atom is 0.384 e. The first-order valence-electron chi connectivity index (χ1n) is 3.60. The lowest BCUT2D eigenvalue weighted by Crippen LogP contribution is -2.00. The average molecular weight is 239 g/mol. The first-order chi connectivity index (χ1) is 6.22. The molecule has 0 aliphatic heterocycles. The summed E-state index contributed by atoms with van der Waals surface area (Å²) >= 11 is 3.30. The molecule has 1 aromatic carbocycles. The van der Waals surface area contributed by atoms with Crippen LogP contribution in [0.2, 0.25) is 0 Å². The summed E-state index contributed by atoms with van der Waals surface area (Å²) in [5.41, 5.74) is 0.909. The second kappa shape index (κ2) is 4.68. The number of benzene rings is 1. The summed E-state index contributed by atoms with van der Waals surface area (Å²) in [5.74, 6) is 1.24. The lowest BCUT2D eigenvalue weighted by atomic mass is 10.2. The van der Waals surface area contributed by atoms with Gasteiger partial charge in [-0.2, -0.15) is 0 Å². The second-order valence-corrected chi connectivity index (χ2v) is 3.26. The standard InChI is InChI=1S/C10H7BrO2/c1-2-10(12)13-7-8-3-5-9(11)6-4-8/h1,3-6H,7H2. The molecule has 0 N–H and O–H groups in total. The van der Waals surface area contributed by atoms with E-state index in [0.717, 1.165) is 10.0 Å². The SMILES string of the molecule is C#CC(=O)OCc1ccc(Br)cc1. The highest BCUT2D eigenvalue weighted by Gasteiger charge is 1.97. The van der Waals surface area contributed by atoms with Crippen molar-refractivity contribution >= 4 is 21.9 Å². The van der Waals surface area contributed by atoms with Crippen molar-refractivity contribution in [3.63, 3.8) is 0 Å². The van der Waals surface area contributed by atoms with Crippen molar-refractivity contribution in [2.24, 2.45) is 0 Å². The third kappa shape index (κ3) is 3.30. The predicted molar refractivity (Wildman–Crippen MR) is 52.8 cm³/mol. The molecule has 0 aliphatic carbocycles. The zero-order valence-electron chi connectivity index (χ0n) is 6.79. The molecule has 0 radical (unpaired) electrons. The van der Waals surface area contributed by atoms with E-state index in [4.69, 9.17) is 11.2 Å². The van der Waals surface area contributed by atoms with Gasteiger partial charge in [-0.3, -0.25) is 0 Å². The van der Waals surface area contributed by atoms with Crippen molar-refractivity contribution in [1.29, 1.82) is 0 Å². The minimum Gasteiger partial charge on any atom is -0.451 e. The van der Waals surface area contributed by atoms with Gasteiger partial charge in [-0.15, -0.1) is 6.42 Å². The molecule has 0 saturated heterocycles. The van der Waals surface area contributed by atoms with Crippen molar-refractivity contribution < 1.29 is 9.53 Å². The van der Waals surface area contributed by atoms with Crippen molar-refractivity contribution in [1.82, 2.24) is 0 Å². The number of terminal acetylenes is 1. The normalized spacial score (nSPS) is 8.92. The smallest absolute Gasteiger partial charge is 0.384 e. The molecule has 0 bridgehead atoms. The third-order valence-electron chi connectivity index (χ3n) is 1.40. The van der Waals surface area contributed by atoms with Crippen molar-refractivity contribution in [3.8, 4) is 12.3 Å². The number of carbonyl (C=O) groups excluding carboxylic acids is 1. The predicted octanol–water partition coefficient (Wildman–Crippen LogP) is 2.13. The minimum absolute atomic E-state index is 0.219. The number of esters is 1. The Balaban J connectivity index is 2.52. The highest BCUT2D eigenvalue weighted by Crippen LogP contribution is 2.10. The van der Waals surface area contributed by atoms with Crippen molar-refractivity contribution in [2.75, 3.05) is 0 Å². The van der Waals surface area contributed by atoms with Crippen LogP contribution in [0, 0.1) is 12.3 Å². The van der Waals surface area contributed by atoms with Crippen LogP contribution in [0.4, 0.5) is 0 Å². The van der Waals surface area contributed by atoms with Gasteiger partial charge in [-0.1, -0.05) is 28.1 Å². The number of rotatable bonds is 2. The Morgan fingerprint density at radius 2 is 2.08 bits per heavy atom. The van der Waals surface area contributed by atoms with Crippen LogP contribution in [-0.4, -0.2) is 5.97 Å². The van der Waals surface area contributed by atoms with Crippen LogP contribution in [0.25, 0.3) is 0 Å². The van der Waals surface area contributed by atoms with E-state index in [-0.39, 0.29) is 6.61 Å². The van der Waals surface area contributed by atoms with E-state index >= 15 is 0 Å². The molecule has 0 spiro atoms. The molecule has 1 aromatic rings. The zero-order chi connectivity index (χ0) is 9.68. The van der Waals surface area contributed by atoms with Crippen molar-refractivity contribution in [2.45, 2.75) is 6.61 Å². The topological polar surface area (TPSA) is 26.3 Å². The van der Waals surface area contributed by atoms with Gasteiger partial charge in [0.05, 0.1) is 0 Å². The molecule has 66 valence electrons. The molecule has 0 unspecified atom stereocenters. The van der Waals surface area contributed by atoms with Gasteiger partial charge >= 0.3 is 5.97 Å². The molecule has 13 heavy (non-hydrogen) atoms. The Kier molecular flexibility index (Phi) is 3.53. The van der Waals surface area contributed by atoms with Crippen LogP contribution in [0.3, 0.4) is 0 Å². The van der Waals surface area contributed by atoms with E-state index < -0.39 is 5.97 Å². The summed E-state index contributed by atoms with van der Waals surface area (Å²) in [5, 5.41) is 0. The largest absolute Gasteiger partial charge is 0.451 e. The van der Waals surface area contributed by atoms with Gasteiger partial charge in [-0.05, 0) is 17.7 Å². The van der Waals surface area contributed by atoms with E-state index in [1.54, 1.807) is 0 Å². The number of carbonyl (C=O) groups is 1. The van der Waals surface area contributed by atoms with Gasteiger partial charge in [0, 0.05) is 10.4 Å². The lowest BCUT2D eigenvalue weighted by Gasteiger charge is -2.00. The molecule has 3 heteroatoms. The van der Waals surface area contributed by atoms with Gasteiger partial charge in [-0.25, -0.2) is 4.79 Å². The zero-order valence-corrected chi connectivity index (χ0v) is 8.37. The molecule has 0 aromatic heterocycles. The van der Waals surface area contributed by atoms with Gasteiger partial charge in [0.25, 0.3) is 0 Å². The molecule has 0 amide bonds. The van der Waals surface area contributed by atoms with E-state index in [1.165, 1.54) is 0 Å². The lowest BCUT2D eigenvalue weighted by molar-refractivity contribution is -0.137. The maximum absolute atomic E-state index is 10.6. The summed E-state index contributed by atoms with van der Waals surface area (Å²) in [6.45, 7) is 0.219. The van der Waals surface area contributed by atoms with Gasteiger partial charge in [0.15, 0.2) is 0 Å². The van der Waals surface area contributed by atoms with Crippen LogP contribution < -0.4 is 0 Å². The van der Waals surface area contributed by atoms with Crippen LogP contribution in [0.1, 0.15) is 5.56 Å². The van der Waals surface area contributed by atoms with E-state index in [0.29, 0.717) is 0 Å². The molecule has 2 nitrogen and oxygen atoms in total. The van der Waals surface area contributed by atoms with Gasteiger partial charge < -0.3 is 4.74 Å². The van der Waals surface area contributed by atoms with Crippen LogP contribution >= 0.6 is 15.9 Å². The first kappa shape index (κ1) is 9.82. The summed E-state index contributed by atoms with van der Waals surface area (Å²) in [7, 11) is 0. The van der Waals surface area contributed by atoms with Crippen LogP contribution in [0.15, 0.2) is 28.7 Å². The average Bonchev–Trinajstić information content (AvgIpc) is 2.16. The van der Waals surface area contributed by atoms with Crippen LogP contribution in [-0.2, 0) is 16.1 Å². The Labute approximate surface area is 85.0 Å². The van der Waals surface area contributed by atoms with Crippen molar-refractivity contribution in [3.05, 3.63) is 34.3 Å². The molecule has 0 fully saturated rings.